The van der Waals surface area contributed by atoms with Crippen LogP contribution in [0.3, 0.4) is 0 Å². The zero-order valence-corrected chi connectivity index (χ0v) is 10.7. The molecule has 17 heavy (non-hydrogen) atoms. The number of rotatable bonds is 3. The van der Waals surface area contributed by atoms with E-state index in [-0.39, 0.29) is 12.6 Å². The molecule has 94 valence electrons. The molecule has 1 aromatic rings. The summed E-state index contributed by atoms with van der Waals surface area (Å²) in [6, 6.07) is 9.37. The van der Waals surface area contributed by atoms with E-state index in [1.165, 1.54) is 11.1 Å². The number of aryl methyl sites for hydroxylation is 1. The van der Waals surface area contributed by atoms with Crippen LogP contribution in [-0.4, -0.2) is 41.8 Å². The highest BCUT2D eigenvalue weighted by Crippen LogP contribution is 2.15. The van der Waals surface area contributed by atoms with Gasteiger partial charge in [-0.1, -0.05) is 29.8 Å². The van der Waals surface area contributed by atoms with Crippen molar-refractivity contribution < 1.29 is 5.11 Å². The highest BCUT2D eigenvalue weighted by molar-refractivity contribution is 5.21. The smallest absolute Gasteiger partial charge is 0.0599 e. The second-order valence-corrected chi connectivity index (χ2v) is 5.00. The van der Waals surface area contributed by atoms with Crippen molar-refractivity contribution in [3.05, 3.63) is 35.4 Å². The van der Waals surface area contributed by atoms with E-state index in [0.29, 0.717) is 6.04 Å². The fourth-order valence-corrected chi connectivity index (χ4v) is 2.41. The summed E-state index contributed by atoms with van der Waals surface area (Å²) >= 11 is 0. The molecule has 0 bridgehead atoms. The second kappa shape index (κ2) is 5.63. The Labute approximate surface area is 103 Å². The Balaban J connectivity index is 2.06. The number of piperazine rings is 1. The van der Waals surface area contributed by atoms with Gasteiger partial charge in [-0.15, -0.1) is 0 Å². The zero-order valence-electron chi connectivity index (χ0n) is 10.7. The number of aliphatic hydroxyl groups excluding tert-OH is 1. The highest BCUT2D eigenvalue weighted by Gasteiger charge is 2.26. The van der Waals surface area contributed by atoms with E-state index in [1.54, 1.807) is 0 Å². The van der Waals surface area contributed by atoms with Crippen LogP contribution in [0.25, 0.3) is 0 Å². The van der Waals surface area contributed by atoms with E-state index in [9.17, 15) is 5.11 Å². The van der Waals surface area contributed by atoms with Gasteiger partial charge in [-0.3, -0.25) is 4.90 Å². The van der Waals surface area contributed by atoms with E-state index in [1.807, 2.05) is 0 Å². The third-order valence-electron chi connectivity index (χ3n) is 3.55. The van der Waals surface area contributed by atoms with Gasteiger partial charge in [0.2, 0.25) is 0 Å². The van der Waals surface area contributed by atoms with Crippen molar-refractivity contribution in [1.29, 1.82) is 0 Å². The van der Waals surface area contributed by atoms with Gasteiger partial charge in [0.1, 0.15) is 0 Å². The SMILES string of the molecule is Cc1ccc(CN2C(C)CNCC2CO)cc1. The average molecular weight is 234 g/mol. The van der Waals surface area contributed by atoms with Crippen LogP contribution < -0.4 is 5.32 Å². The first-order valence-electron chi connectivity index (χ1n) is 6.33. The highest BCUT2D eigenvalue weighted by atomic mass is 16.3. The van der Waals surface area contributed by atoms with Gasteiger partial charge in [0.25, 0.3) is 0 Å². The van der Waals surface area contributed by atoms with Crippen molar-refractivity contribution in [3.8, 4) is 0 Å². The van der Waals surface area contributed by atoms with Crippen LogP contribution in [0.5, 0.6) is 0 Å². The summed E-state index contributed by atoms with van der Waals surface area (Å²) in [5.41, 5.74) is 2.61. The van der Waals surface area contributed by atoms with Crippen molar-refractivity contribution in [2.75, 3.05) is 19.7 Å². The maximum atomic E-state index is 9.42. The number of hydrogen-bond donors (Lipinski definition) is 2. The summed E-state index contributed by atoms with van der Waals surface area (Å²) in [5.74, 6) is 0. The second-order valence-electron chi connectivity index (χ2n) is 5.00. The van der Waals surface area contributed by atoms with Gasteiger partial charge in [0.15, 0.2) is 0 Å². The Morgan fingerprint density at radius 3 is 2.65 bits per heavy atom. The van der Waals surface area contributed by atoms with E-state index < -0.39 is 0 Å². The molecule has 0 amide bonds. The summed E-state index contributed by atoms with van der Waals surface area (Å²) in [6.45, 7) is 7.35. The van der Waals surface area contributed by atoms with Crippen LogP contribution >= 0.6 is 0 Å². The van der Waals surface area contributed by atoms with Gasteiger partial charge in [-0.2, -0.15) is 0 Å². The van der Waals surface area contributed by atoms with Crippen LogP contribution in [0.2, 0.25) is 0 Å². The fourth-order valence-electron chi connectivity index (χ4n) is 2.41. The molecule has 1 aromatic carbocycles. The lowest BCUT2D eigenvalue weighted by atomic mass is 10.1. The molecule has 0 saturated carbocycles. The quantitative estimate of drug-likeness (QED) is 0.823. The summed E-state index contributed by atoms with van der Waals surface area (Å²) in [4.78, 5) is 2.39. The van der Waals surface area contributed by atoms with Crippen LogP contribution in [-0.2, 0) is 6.54 Å². The maximum Gasteiger partial charge on any atom is 0.0599 e. The molecule has 1 fully saturated rings. The molecule has 3 heteroatoms. The minimum Gasteiger partial charge on any atom is -0.395 e. The molecule has 2 unspecified atom stereocenters. The largest absolute Gasteiger partial charge is 0.395 e. The lowest BCUT2D eigenvalue weighted by Crippen LogP contribution is -2.57. The van der Waals surface area contributed by atoms with E-state index in [0.717, 1.165) is 19.6 Å². The van der Waals surface area contributed by atoms with Crippen LogP contribution in [0.4, 0.5) is 0 Å². The minimum absolute atomic E-state index is 0.225. The monoisotopic (exact) mass is 234 g/mol. The van der Waals surface area contributed by atoms with Crippen molar-refractivity contribution in [1.82, 2.24) is 10.2 Å². The molecule has 2 atom stereocenters. The molecule has 0 spiro atoms. The molecular weight excluding hydrogens is 212 g/mol. The lowest BCUT2D eigenvalue weighted by Gasteiger charge is -2.40. The first-order valence-corrected chi connectivity index (χ1v) is 6.33. The molecule has 1 heterocycles. The minimum atomic E-state index is 0.225. The standard InChI is InChI=1S/C14H22N2O/c1-11-3-5-13(6-4-11)9-16-12(2)7-15-8-14(16)10-17/h3-6,12,14-15,17H,7-10H2,1-2H3. The molecule has 1 aliphatic heterocycles. The number of aliphatic hydroxyl groups is 1. The maximum absolute atomic E-state index is 9.42. The van der Waals surface area contributed by atoms with Gasteiger partial charge < -0.3 is 10.4 Å². The molecular formula is C14H22N2O. The van der Waals surface area contributed by atoms with Gasteiger partial charge >= 0.3 is 0 Å². The zero-order chi connectivity index (χ0) is 12.3. The third kappa shape index (κ3) is 3.06. The van der Waals surface area contributed by atoms with Crippen molar-refractivity contribution in [2.24, 2.45) is 0 Å². The Morgan fingerprint density at radius 2 is 2.00 bits per heavy atom. The Kier molecular flexibility index (Phi) is 4.15. The number of hydrogen-bond acceptors (Lipinski definition) is 3. The predicted molar refractivity (Wildman–Crippen MR) is 69.9 cm³/mol. The normalized spacial score (nSPS) is 26.1. The summed E-state index contributed by atoms with van der Waals surface area (Å²) in [7, 11) is 0. The van der Waals surface area contributed by atoms with Crippen molar-refractivity contribution >= 4 is 0 Å². The molecule has 0 radical (unpaired) electrons. The van der Waals surface area contributed by atoms with Crippen LogP contribution in [0.1, 0.15) is 18.1 Å². The molecule has 2 N–H and O–H groups in total. The molecule has 1 saturated heterocycles. The van der Waals surface area contributed by atoms with Crippen LogP contribution in [0, 0.1) is 6.92 Å². The van der Waals surface area contributed by atoms with Gasteiger partial charge in [-0.25, -0.2) is 0 Å². The molecule has 1 aliphatic rings. The third-order valence-corrected chi connectivity index (χ3v) is 3.55. The fraction of sp³-hybridized carbons (Fsp3) is 0.571. The number of benzene rings is 1. The average Bonchev–Trinajstić information content (AvgIpc) is 2.34. The van der Waals surface area contributed by atoms with Crippen molar-refractivity contribution in [3.63, 3.8) is 0 Å². The van der Waals surface area contributed by atoms with E-state index in [4.69, 9.17) is 0 Å². The predicted octanol–water partition coefficient (Wildman–Crippen LogP) is 1.15. The van der Waals surface area contributed by atoms with E-state index >= 15 is 0 Å². The van der Waals surface area contributed by atoms with E-state index in [2.05, 4.69) is 48.3 Å². The summed E-state index contributed by atoms with van der Waals surface area (Å²) in [5, 5.41) is 12.8. The lowest BCUT2D eigenvalue weighted by molar-refractivity contribution is 0.0565. The molecule has 0 aromatic heterocycles. The summed E-state index contributed by atoms with van der Waals surface area (Å²) in [6.07, 6.45) is 0. The van der Waals surface area contributed by atoms with Crippen LogP contribution in [0.15, 0.2) is 24.3 Å². The molecule has 0 aliphatic carbocycles. The number of nitrogens with zero attached hydrogens (tertiary/aromatic N) is 1. The van der Waals surface area contributed by atoms with Gasteiger partial charge in [0, 0.05) is 31.7 Å². The molecule has 2 rings (SSSR count). The first kappa shape index (κ1) is 12.6. The summed E-state index contributed by atoms with van der Waals surface area (Å²) < 4.78 is 0. The Bertz CT molecular complexity index is 350. The van der Waals surface area contributed by atoms with Gasteiger partial charge in [-0.05, 0) is 19.4 Å². The topological polar surface area (TPSA) is 35.5 Å². The molecule has 3 nitrogen and oxygen atoms in total. The Morgan fingerprint density at radius 1 is 1.29 bits per heavy atom. The Hall–Kier alpha value is -0.900. The van der Waals surface area contributed by atoms with Crippen molar-refractivity contribution in [2.45, 2.75) is 32.5 Å². The first-order chi connectivity index (χ1) is 8.20. The number of nitrogens with one attached hydrogen (secondary N) is 1. The van der Waals surface area contributed by atoms with Gasteiger partial charge in [0.05, 0.1) is 6.61 Å².